The van der Waals surface area contributed by atoms with E-state index in [1.54, 1.807) is 29.2 Å². The van der Waals surface area contributed by atoms with Gasteiger partial charge in [-0.2, -0.15) is 11.8 Å². The Balaban J connectivity index is 1.66. The van der Waals surface area contributed by atoms with Crippen LogP contribution in [0, 0.1) is 5.92 Å². The van der Waals surface area contributed by atoms with E-state index in [1.807, 2.05) is 24.9 Å². The minimum atomic E-state index is -0.291. The molecule has 0 aliphatic heterocycles. The number of hydrogen-bond acceptors (Lipinski definition) is 4. The molecule has 0 atom stereocenters. The summed E-state index contributed by atoms with van der Waals surface area (Å²) >= 11 is 7.90. The van der Waals surface area contributed by atoms with Gasteiger partial charge in [-0.05, 0) is 68.7 Å². The van der Waals surface area contributed by atoms with Gasteiger partial charge in [0.2, 0.25) is 0 Å². The second-order valence-corrected chi connectivity index (χ2v) is 8.82. The molecule has 0 bridgehead atoms. The summed E-state index contributed by atoms with van der Waals surface area (Å²) in [7, 11) is 3.97. The number of rotatable bonds is 9. The van der Waals surface area contributed by atoms with Crippen molar-refractivity contribution in [2.45, 2.75) is 31.7 Å². The topological polar surface area (TPSA) is 32.8 Å². The van der Waals surface area contributed by atoms with Gasteiger partial charge in [-0.15, -0.1) is 6.58 Å². The van der Waals surface area contributed by atoms with Crippen molar-refractivity contribution in [3.05, 3.63) is 41.9 Å². The van der Waals surface area contributed by atoms with Gasteiger partial charge in [0.05, 0.1) is 0 Å². The molecule has 0 heterocycles. The number of carbonyl (C=O) groups is 1. The van der Waals surface area contributed by atoms with Crippen molar-refractivity contribution in [2.24, 2.45) is 5.92 Å². The predicted molar refractivity (Wildman–Crippen MR) is 116 cm³/mol. The van der Waals surface area contributed by atoms with Crippen LogP contribution in [0.2, 0.25) is 5.02 Å². The first-order chi connectivity index (χ1) is 13.0. The highest BCUT2D eigenvalue weighted by molar-refractivity contribution is 7.99. The van der Waals surface area contributed by atoms with E-state index < -0.39 is 0 Å². The van der Waals surface area contributed by atoms with Crippen molar-refractivity contribution in [2.75, 3.05) is 38.7 Å². The van der Waals surface area contributed by atoms with Crippen LogP contribution >= 0.6 is 23.4 Å². The van der Waals surface area contributed by atoms with Gasteiger partial charge in [-0.3, -0.25) is 0 Å². The number of benzene rings is 1. The molecule has 0 unspecified atom stereocenters. The molecule has 0 N–H and O–H groups in total. The molecule has 0 spiro atoms. The summed E-state index contributed by atoms with van der Waals surface area (Å²) in [5.41, 5.74) is 0. The Hall–Kier alpha value is -1.17. The van der Waals surface area contributed by atoms with Crippen LogP contribution in [0.25, 0.3) is 0 Å². The highest BCUT2D eigenvalue weighted by Gasteiger charge is 2.27. The number of carbonyl (C=O) groups excluding carboxylic acids is 1. The Morgan fingerprint density at radius 1 is 1.26 bits per heavy atom. The first-order valence-corrected chi connectivity index (χ1v) is 11.1. The maximum atomic E-state index is 12.4. The average molecular weight is 411 g/mol. The fraction of sp³-hybridized carbons (Fsp3) is 0.571. The number of likely N-dealkylation sites (N-methyl/N-ethyl adjacent to an activating group) is 1. The van der Waals surface area contributed by atoms with Gasteiger partial charge in [0.15, 0.2) is 0 Å². The molecule has 6 heteroatoms. The molecule has 1 aromatic carbocycles. The minimum Gasteiger partial charge on any atom is -0.410 e. The Morgan fingerprint density at radius 3 is 2.56 bits per heavy atom. The van der Waals surface area contributed by atoms with Crippen LogP contribution in [0.3, 0.4) is 0 Å². The van der Waals surface area contributed by atoms with Crippen LogP contribution in [-0.2, 0) is 0 Å². The molecule has 0 radical (unpaired) electrons. The number of hydrogen-bond donors (Lipinski definition) is 0. The van der Waals surface area contributed by atoms with Gasteiger partial charge in [0.25, 0.3) is 0 Å². The molecular weight excluding hydrogens is 380 g/mol. The van der Waals surface area contributed by atoms with E-state index in [9.17, 15) is 4.79 Å². The summed E-state index contributed by atoms with van der Waals surface area (Å²) in [6.07, 6.45) is 6.11. The third kappa shape index (κ3) is 7.76. The van der Waals surface area contributed by atoms with Gasteiger partial charge in [-0.25, -0.2) is 4.79 Å². The Kier molecular flexibility index (Phi) is 9.52. The van der Waals surface area contributed by atoms with E-state index in [0.717, 1.165) is 37.6 Å². The summed E-state index contributed by atoms with van der Waals surface area (Å²) < 4.78 is 5.45. The number of halogens is 1. The molecule has 27 heavy (non-hydrogen) atoms. The van der Waals surface area contributed by atoms with Gasteiger partial charge < -0.3 is 14.5 Å². The Labute approximate surface area is 172 Å². The summed E-state index contributed by atoms with van der Waals surface area (Å²) in [5, 5.41) is 0.631. The lowest BCUT2D eigenvalue weighted by atomic mass is 9.87. The van der Waals surface area contributed by atoms with E-state index in [0.29, 0.717) is 10.8 Å². The van der Waals surface area contributed by atoms with Crippen molar-refractivity contribution >= 4 is 29.5 Å². The van der Waals surface area contributed by atoms with E-state index in [-0.39, 0.29) is 12.1 Å². The molecule has 1 fully saturated rings. The van der Waals surface area contributed by atoms with Crippen LogP contribution in [0.4, 0.5) is 4.79 Å². The monoisotopic (exact) mass is 410 g/mol. The number of ether oxygens (including phenoxy) is 1. The number of thioether (sulfide) groups is 1. The first kappa shape index (κ1) is 22.1. The van der Waals surface area contributed by atoms with Crippen molar-refractivity contribution in [3.8, 4) is 5.75 Å². The molecule has 0 saturated heterocycles. The third-order valence-corrected chi connectivity index (χ3v) is 6.51. The number of amides is 1. The maximum absolute atomic E-state index is 12.4. The molecule has 1 saturated carbocycles. The van der Waals surface area contributed by atoms with E-state index in [1.165, 1.54) is 18.6 Å². The fourth-order valence-electron chi connectivity index (χ4n) is 3.31. The Morgan fingerprint density at radius 2 is 1.93 bits per heavy atom. The summed E-state index contributed by atoms with van der Waals surface area (Å²) in [5.74, 6) is 3.67. The van der Waals surface area contributed by atoms with Gasteiger partial charge >= 0.3 is 6.09 Å². The molecule has 150 valence electrons. The molecule has 1 aliphatic rings. The molecule has 1 aromatic rings. The highest BCUT2D eigenvalue weighted by atomic mass is 35.5. The second kappa shape index (κ2) is 11.6. The summed E-state index contributed by atoms with van der Waals surface area (Å²) in [6.45, 7) is 5.82. The third-order valence-electron chi connectivity index (χ3n) is 5.08. The quantitative estimate of drug-likeness (QED) is 0.414. The largest absolute Gasteiger partial charge is 0.415 e. The van der Waals surface area contributed by atoms with Crippen LogP contribution in [0.1, 0.15) is 25.7 Å². The van der Waals surface area contributed by atoms with Crippen LogP contribution < -0.4 is 4.74 Å². The zero-order valence-corrected chi connectivity index (χ0v) is 18.0. The minimum absolute atomic E-state index is 0.268. The SMILES string of the molecule is C=CCN(C)CCSCC1CCC(N(C)C(=O)Oc2ccc(Cl)cc2)CC1. The molecule has 1 aliphatic carbocycles. The standard InChI is InChI=1S/C21H31ClN2O2S/c1-4-13-23(2)14-15-27-16-17-5-9-19(10-6-17)24(3)21(25)26-20-11-7-18(22)8-12-20/h4,7-8,11-12,17,19H,1,5-6,9-10,13-16H2,2-3H3. The van der Waals surface area contributed by atoms with Crippen molar-refractivity contribution in [3.63, 3.8) is 0 Å². The number of nitrogens with zero attached hydrogens (tertiary/aromatic N) is 2. The summed E-state index contributed by atoms with van der Waals surface area (Å²) in [4.78, 5) is 16.4. The van der Waals surface area contributed by atoms with Crippen LogP contribution in [-0.4, -0.2) is 60.6 Å². The van der Waals surface area contributed by atoms with Gasteiger partial charge in [-0.1, -0.05) is 17.7 Å². The predicted octanol–water partition coefficient (Wildman–Crippen LogP) is 5.18. The molecule has 2 rings (SSSR count). The van der Waals surface area contributed by atoms with Gasteiger partial charge in [0.1, 0.15) is 5.75 Å². The van der Waals surface area contributed by atoms with Gasteiger partial charge in [0, 0.05) is 37.0 Å². The lowest BCUT2D eigenvalue weighted by Gasteiger charge is -2.34. The van der Waals surface area contributed by atoms with Crippen LogP contribution in [0.15, 0.2) is 36.9 Å². The molecular formula is C21H31ClN2O2S. The maximum Gasteiger partial charge on any atom is 0.415 e. The second-order valence-electron chi connectivity index (χ2n) is 7.23. The first-order valence-electron chi connectivity index (χ1n) is 9.57. The van der Waals surface area contributed by atoms with Crippen molar-refractivity contribution in [1.82, 2.24) is 9.80 Å². The molecule has 0 aromatic heterocycles. The zero-order valence-electron chi connectivity index (χ0n) is 16.4. The lowest BCUT2D eigenvalue weighted by Crippen LogP contribution is -2.41. The average Bonchev–Trinajstić information content (AvgIpc) is 2.67. The summed E-state index contributed by atoms with van der Waals surface area (Å²) in [6, 6.07) is 7.15. The van der Waals surface area contributed by atoms with E-state index in [4.69, 9.17) is 16.3 Å². The van der Waals surface area contributed by atoms with Crippen LogP contribution in [0.5, 0.6) is 5.75 Å². The van der Waals surface area contributed by atoms with E-state index in [2.05, 4.69) is 18.5 Å². The highest BCUT2D eigenvalue weighted by Crippen LogP contribution is 2.30. The van der Waals surface area contributed by atoms with Crippen molar-refractivity contribution < 1.29 is 9.53 Å². The molecule has 1 amide bonds. The normalized spacial score (nSPS) is 19.7. The molecule has 4 nitrogen and oxygen atoms in total. The lowest BCUT2D eigenvalue weighted by molar-refractivity contribution is 0.127. The smallest absolute Gasteiger partial charge is 0.410 e. The Bertz CT molecular complexity index is 588. The van der Waals surface area contributed by atoms with E-state index >= 15 is 0 Å². The zero-order chi connectivity index (χ0) is 19.6. The van der Waals surface area contributed by atoms with Crippen molar-refractivity contribution in [1.29, 1.82) is 0 Å². The fourth-order valence-corrected chi connectivity index (χ4v) is 4.71.